The number of aromatic nitrogens is 1. The van der Waals surface area contributed by atoms with Gasteiger partial charge in [-0.25, -0.2) is 5.43 Å². The van der Waals surface area contributed by atoms with Gasteiger partial charge in [-0.2, -0.15) is 5.10 Å². The summed E-state index contributed by atoms with van der Waals surface area (Å²) in [6.45, 7) is 1.80. The van der Waals surface area contributed by atoms with E-state index in [4.69, 9.17) is 9.47 Å². The van der Waals surface area contributed by atoms with Crippen molar-refractivity contribution in [2.75, 3.05) is 14.2 Å². The minimum Gasteiger partial charge on any atom is -0.493 e. The van der Waals surface area contributed by atoms with E-state index in [9.17, 15) is 4.79 Å². The maximum Gasteiger partial charge on any atom is 0.272 e. The molecule has 2 rings (SSSR count). The number of hydrazone groups is 1. The average Bonchev–Trinajstić information content (AvgIpc) is 2.59. The van der Waals surface area contributed by atoms with Gasteiger partial charge in [0.1, 0.15) is 0 Å². The van der Waals surface area contributed by atoms with E-state index in [0.29, 0.717) is 22.8 Å². The van der Waals surface area contributed by atoms with Crippen LogP contribution in [0.3, 0.4) is 0 Å². The average molecular weight is 299 g/mol. The van der Waals surface area contributed by atoms with Crippen LogP contribution in [0.25, 0.3) is 0 Å². The smallest absolute Gasteiger partial charge is 0.272 e. The van der Waals surface area contributed by atoms with Crippen molar-refractivity contribution in [2.45, 2.75) is 6.92 Å². The molecule has 0 radical (unpaired) electrons. The van der Waals surface area contributed by atoms with E-state index in [1.165, 1.54) is 6.20 Å². The van der Waals surface area contributed by atoms with Crippen LogP contribution in [-0.2, 0) is 0 Å². The van der Waals surface area contributed by atoms with Crippen molar-refractivity contribution in [1.29, 1.82) is 0 Å². The second kappa shape index (κ2) is 7.21. The molecule has 1 aromatic heterocycles. The first-order valence-electron chi connectivity index (χ1n) is 6.62. The summed E-state index contributed by atoms with van der Waals surface area (Å²) in [5, 5.41) is 4.09. The highest BCUT2D eigenvalue weighted by molar-refractivity contribution is 6.01. The monoisotopic (exact) mass is 299 g/mol. The molecule has 0 spiro atoms. The van der Waals surface area contributed by atoms with Crippen LogP contribution < -0.4 is 14.9 Å². The minimum absolute atomic E-state index is 0.312. The molecular weight excluding hydrogens is 282 g/mol. The molecule has 0 saturated heterocycles. The molecule has 1 N–H and O–H groups in total. The second-order valence-corrected chi connectivity index (χ2v) is 4.45. The van der Waals surface area contributed by atoms with Gasteiger partial charge in [0.15, 0.2) is 11.5 Å². The van der Waals surface area contributed by atoms with Crippen LogP contribution >= 0.6 is 0 Å². The Kier molecular flexibility index (Phi) is 5.08. The number of carbonyl (C=O) groups is 1. The van der Waals surface area contributed by atoms with Gasteiger partial charge in [-0.1, -0.05) is 0 Å². The van der Waals surface area contributed by atoms with Gasteiger partial charge in [0.05, 0.1) is 25.5 Å². The summed E-state index contributed by atoms with van der Waals surface area (Å²) in [5.41, 5.74) is 4.42. The van der Waals surface area contributed by atoms with E-state index in [2.05, 4.69) is 15.5 Å². The summed E-state index contributed by atoms with van der Waals surface area (Å²) in [4.78, 5) is 15.8. The maximum atomic E-state index is 11.9. The first kappa shape index (κ1) is 15.5. The molecular formula is C16H17N3O3. The van der Waals surface area contributed by atoms with Gasteiger partial charge in [-0.15, -0.1) is 0 Å². The Bertz CT molecular complexity index is 684. The van der Waals surface area contributed by atoms with Crippen LogP contribution in [-0.4, -0.2) is 30.8 Å². The number of hydrogen-bond acceptors (Lipinski definition) is 5. The standard InChI is InChI=1S/C16H17N3O3/c1-11(12-6-7-14(21-2)15(9-12)22-3)18-19-16(20)13-5-4-8-17-10-13/h4-10H,1-3H3,(H,19,20)/b18-11-. The largest absolute Gasteiger partial charge is 0.493 e. The Morgan fingerprint density at radius 3 is 2.55 bits per heavy atom. The molecule has 6 heteroatoms. The first-order chi connectivity index (χ1) is 10.7. The fourth-order valence-corrected chi connectivity index (χ4v) is 1.82. The minimum atomic E-state index is -0.312. The molecule has 1 aromatic carbocycles. The third kappa shape index (κ3) is 3.60. The molecule has 1 amide bonds. The third-order valence-electron chi connectivity index (χ3n) is 3.05. The van der Waals surface area contributed by atoms with Gasteiger partial charge >= 0.3 is 0 Å². The van der Waals surface area contributed by atoms with E-state index in [1.807, 2.05) is 6.07 Å². The zero-order valence-corrected chi connectivity index (χ0v) is 12.7. The summed E-state index contributed by atoms with van der Waals surface area (Å²) < 4.78 is 10.4. The Labute approximate surface area is 128 Å². The van der Waals surface area contributed by atoms with Crippen LogP contribution in [0.15, 0.2) is 47.8 Å². The SMILES string of the molecule is COc1ccc(/C(C)=N\NC(=O)c2cccnc2)cc1OC. The Balaban J connectivity index is 2.14. The molecule has 0 aliphatic rings. The highest BCUT2D eigenvalue weighted by atomic mass is 16.5. The highest BCUT2D eigenvalue weighted by Gasteiger charge is 2.08. The molecule has 0 aliphatic carbocycles. The Hall–Kier alpha value is -2.89. The summed E-state index contributed by atoms with van der Waals surface area (Å²) in [5.74, 6) is 0.930. The van der Waals surface area contributed by atoms with Gasteiger partial charge in [0.25, 0.3) is 5.91 Å². The van der Waals surface area contributed by atoms with Crippen molar-refractivity contribution >= 4 is 11.6 Å². The van der Waals surface area contributed by atoms with Crippen molar-refractivity contribution in [3.8, 4) is 11.5 Å². The molecule has 6 nitrogen and oxygen atoms in total. The number of nitrogens with one attached hydrogen (secondary N) is 1. The molecule has 114 valence electrons. The lowest BCUT2D eigenvalue weighted by Crippen LogP contribution is -2.19. The predicted molar refractivity (Wildman–Crippen MR) is 83.5 cm³/mol. The summed E-state index contributed by atoms with van der Waals surface area (Å²) in [6.07, 6.45) is 3.09. The quantitative estimate of drug-likeness (QED) is 0.679. The molecule has 0 aliphatic heterocycles. The van der Waals surface area contributed by atoms with E-state index in [-0.39, 0.29) is 5.91 Å². The second-order valence-electron chi connectivity index (χ2n) is 4.45. The van der Waals surface area contributed by atoms with Crippen molar-refractivity contribution < 1.29 is 14.3 Å². The van der Waals surface area contributed by atoms with E-state index in [0.717, 1.165) is 5.56 Å². The van der Waals surface area contributed by atoms with Crippen LogP contribution in [0, 0.1) is 0 Å². The molecule has 0 saturated carbocycles. The van der Waals surface area contributed by atoms with Crippen molar-refractivity contribution in [3.05, 3.63) is 53.9 Å². The van der Waals surface area contributed by atoms with Gasteiger partial charge in [0, 0.05) is 18.0 Å². The van der Waals surface area contributed by atoms with Crippen LogP contribution in [0.4, 0.5) is 0 Å². The highest BCUT2D eigenvalue weighted by Crippen LogP contribution is 2.27. The number of amides is 1. The number of carbonyl (C=O) groups excluding carboxylic acids is 1. The third-order valence-corrected chi connectivity index (χ3v) is 3.05. The number of ether oxygens (including phenoxy) is 2. The number of pyridine rings is 1. The normalized spacial score (nSPS) is 11.0. The predicted octanol–water partition coefficient (Wildman–Crippen LogP) is 2.25. The lowest BCUT2D eigenvalue weighted by Gasteiger charge is -2.09. The summed E-state index contributed by atoms with van der Waals surface area (Å²) in [6, 6.07) is 8.80. The number of methoxy groups -OCH3 is 2. The van der Waals surface area contributed by atoms with Crippen LogP contribution in [0.1, 0.15) is 22.8 Å². The zero-order valence-electron chi connectivity index (χ0n) is 12.7. The van der Waals surface area contributed by atoms with Gasteiger partial charge in [-0.05, 0) is 37.3 Å². The fourth-order valence-electron chi connectivity index (χ4n) is 1.82. The van der Waals surface area contributed by atoms with Crippen molar-refractivity contribution in [1.82, 2.24) is 10.4 Å². The number of hydrogen-bond donors (Lipinski definition) is 1. The van der Waals surface area contributed by atoms with Gasteiger partial charge < -0.3 is 9.47 Å². The molecule has 0 bridgehead atoms. The van der Waals surface area contributed by atoms with Gasteiger partial charge in [-0.3, -0.25) is 9.78 Å². The topological polar surface area (TPSA) is 72.8 Å². The van der Waals surface area contributed by atoms with E-state index >= 15 is 0 Å². The van der Waals surface area contributed by atoms with Gasteiger partial charge in [0.2, 0.25) is 0 Å². The summed E-state index contributed by atoms with van der Waals surface area (Å²) >= 11 is 0. The lowest BCUT2D eigenvalue weighted by atomic mass is 10.1. The van der Waals surface area contributed by atoms with Crippen molar-refractivity contribution in [2.24, 2.45) is 5.10 Å². The molecule has 0 atom stereocenters. The number of rotatable bonds is 5. The van der Waals surface area contributed by atoms with Crippen molar-refractivity contribution in [3.63, 3.8) is 0 Å². The fraction of sp³-hybridized carbons (Fsp3) is 0.188. The Morgan fingerprint density at radius 1 is 1.14 bits per heavy atom. The molecule has 1 heterocycles. The molecule has 2 aromatic rings. The molecule has 0 fully saturated rings. The number of nitrogens with zero attached hydrogens (tertiary/aromatic N) is 2. The van der Waals surface area contributed by atoms with Crippen LogP contribution in [0.5, 0.6) is 11.5 Å². The van der Waals surface area contributed by atoms with Crippen LogP contribution in [0.2, 0.25) is 0 Å². The maximum absolute atomic E-state index is 11.9. The summed E-state index contributed by atoms with van der Waals surface area (Å²) in [7, 11) is 3.14. The Morgan fingerprint density at radius 2 is 1.91 bits per heavy atom. The molecule has 22 heavy (non-hydrogen) atoms. The molecule has 0 unspecified atom stereocenters. The van der Waals surface area contributed by atoms with E-state index < -0.39 is 0 Å². The zero-order chi connectivity index (χ0) is 15.9. The number of benzene rings is 1. The first-order valence-corrected chi connectivity index (χ1v) is 6.62. The lowest BCUT2D eigenvalue weighted by molar-refractivity contribution is 0.0954. The van der Waals surface area contributed by atoms with E-state index in [1.54, 1.807) is 51.6 Å².